The molecule has 6 nitrogen and oxygen atoms in total. The average Bonchev–Trinajstić information content (AvgIpc) is 2.44. The summed E-state index contributed by atoms with van der Waals surface area (Å²) in [7, 11) is 1.64. The number of amides is 1. The second kappa shape index (κ2) is 9.27. The quantitative estimate of drug-likeness (QED) is 0.662. The van der Waals surface area contributed by atoms with Crippen LogP contribution >= 0.6 is 0 Å². The van der Waals surface area contributed by atoms with Crippen LogP contribution in [0.15, 0.2) is 12.1 Å². The van der Waals surface area contributed by atoms with Crippen molar-refractivity contribution in [2.45, 2.75) is 26.2 Å². The monoisotopic (exact) mass is 266 g/mol. The van der Waals surface area contributed by atoms with Crippen LogP contribution in [0.25, 0.3) is 0 Å². The molecule has 0 radical (unpaired) electrons. The fourth-order valence-electron chi connectivity index (χ4n) is 1.50. The summed E-state index contributed by atoms with van der Waals surface area (Å²) in [6.45, 7) is 4.07. The van der Waals surface area contributed by atoms with Crippen molar-refractivity contribution in [1.29, 1.82) is 0 Å². The molecule has 19 heavy (non-hydrogen) atoms. The molecule has 0 aliphatic heterocycles. The molecule has 1 amide bonds. The van der Waals surface area contributed by atoms with E-state index in [1.807, 2.05) is 0 Å². The van der Waals surface area contributed by atoms with Crippen molar-refractivity contribution in [2.24, 2.45) is 0 Å². The fourth-order valence-corrected chi connectivity index (χ4v) is 1.50. The van der Waals surface area contributed by atoms with Crippen molar-refractivity contribution in [3.05, 3.63) is 17.8 Å². The molecule has 0 unspecified atom stereocenters. The maximum absolute atomic E-state index is 11.7. The molecule has 1 heterocycles. The summed E-state index contributed by atoms with van der Waals surface area (Å²) < 4.78 is 4.91. The minimum Gasteiger partial charge on any atom is -0.383 e. The van der Waals surface area contributed by atoms with Gasteiger partial charge in [-0.05, 0) is 18.6 Å². The molecule has 0 spiro atoms. The Bertz CT molecular complexity index is 367. The van der Waals surface area contributed by atoms with E-state index in [1.54, 1.807) is 19.2 Å². The van der Waals surface area contributed by atoms with Gasteiger partial charge >= 0.3 is 0 Å². The molecule has 0 aromatic carbocycles. The molecular weight excluding hydrogens is 244 g/mol. The normalized spacial score (nSPS) is 10.2. The fraction of sp³-hybridized carbons (Fsp3) is 0.615. The number of unbranched alkanes of at least 4 members (excludes halogenated alkanes) is 2. The summed E-state index contributed by atoms with van der Waals surface area (Å²) in [5.41, 5.74) is 0.341. The lowest BCUT2D eigenvalue weighted by molar-refractivity contribution is 0.0947. The standard InChI is InChI=1S/C13H22N4O2/c1-3-4-5-8-15-13(18)11-6-7-12(17-16-11)14-9-10-19-2/h6-7H,3-5,8-10H2,1-2H3,(H,14,17)(H,15,18). The first-order valence-electron chi connectivity index (χ1n) is 6.62. The zero-order chi connectivity index (χ0) is 13.9. The number of nitrogens with zero attached hydrogens (tertiary/aromatic N) is 2. The van der Waals surface area contributed by atoms with Crippen LogP contribution in [0.2, 0.25) is 0 Å². The van der Waals surface area contributed by atoms with Gasteiger partial charge in [0, 0.05) is 20.2 Å². The van der Waals surface area contributed by atoms with Gasteiger partial charge in [0.05, 0.1) is 6.61 Å². The van der Waals surface area contributed by atoms with Crippen molar-refractivity contribution >= 4 is 11.7 Å². The Morgan fingerprint density at radius 3 is 2.74 bits per heavy atom. The van der Waals surface area contributed by atoms with Crippen LogP contribution in [0.3, 0.4) is 0 Å². The van der Waals surface area contributed by atoms with E-state index in [4.69, 9.17) is 4.74 Å². The Labute approximate surface area is 113 Å². The highest BCUT2D eigenvalue weighted by Gasteiger charge is 2.06. The van der Waals surface area contributed by atoms with Crippen LogP contribution in [-0.2, 0) is 4.74 Å². The predicted octanol–water partition coefficient (Wildman–Crippen LogP) is 1.45. The van der Waals surface area contributed by atoms with E-state index in [-0.39, 0.29) is 5.91 Å². The molecule has 0 aliphatic carbocycles. The minimum atomic E-state index is -0.174. The Kier molecular flexibility index (Phi) is 7.50. The molecule has 0 saturated heterocycles. The van der Waals surface area contributed by atoms with Gasteiger partial charge in [-0.3, -0.25) is 4.79 Å². The second-order valence-corrected chi connectivity index (χ2v) is 4.19. The van der Waals surface area contributed by atoms with Crippen molar-refractivity contribution in [3.8, 4) is 0 Å². The lowest BCUT2D eigenvalue weighted by atomic mass is 10.2. The van der Waals surface area contributed by atoms with Crippen molar-refractivity contribution in [1.82, 2.24) is 15.5 Å². The predicted molar refractivity (Wildman–Crippen MR) is 74.3 cm³/mol. The summed E-state index contributed by atoms with van der Waals surface area (Å²) in [5, 5.41) is 13.7. The van der Waals surface area contributed by atoms with Gasteiger partial charge in [-0.15, -0.1) is 10.2 Å². The van der Waals surface area contributed by atoms with Crippen molar-refractivity contribution in [2.75, 3.05) is 32.1 Å². The Morgan fingerprint density at radius 1 is 1.26 bits per heavy atom. The van der Waals surface area contributed by atoms with Gasteiger partial charge in [0.1, 0.15) is 5.82 Å². The van der Waals surface area contributed by atoms with Crippen LogP contribution < -0.4 is 10.6 Å². The molecular formula is C13H22N4O2. The maximum Gasteiger partial charge on any atom is 0.271 e. The van der Waals surface area contributed by atoms with E-state index >= 15 is 0 Å². The first-order chi connectivity index (χ1) is 9.27. The van der Waals surface area contributed by atoms with E-state index in [9.17, 15) is 4.79 Å². The molecule has 1 aromatic rings. The third-order valence-electron chi connectivity index (χ3n) is 2.58. The van der Waals surface area contributed by atoms with Gasteiger partial charge < -0.3 is 15.4 Å². The molecule has 106 valence electrons. The molecule has 0 saturated carbocycles. The number of hydrogen-bond acceptors (Lipinski definition) is 5. The van der Waals surface area contributed by atoms with Gasteiger partial charge in [0.2, 0.25) is 0 Å². The molecule has 0 atom stereocenters. The second-order valence-electron chi connectivity index (χ2n) is 4.19. The topological polar surface area (TPSA) is 76.1 Å². The van der Waals surface area contributed by atoms with Gasteiger partial charge in [0.15, 0.2) is 5.69 Å². The summed E-state index contributed by atoms with van der Waals surface area (Å²) >= 11 is 0. The lowest BCUT2D eigenvalue weighted by Crippen LogP contribution is -2.25. The van der Waals surface area contributed by atoms with Gasteiger partial charge in [-0.2, -0.15) is 0 Å². The number of aromatic nitrogens is 2. The number of nitrogens with one attached hydrogen (secondary N) is 2. The van der Waals surface area contributed by atoms with Crippen LogP contribution in [0.5, 0.6) is 0 Å². The number of anilines is 1. The summed E-state index contributed by atoms with van der Waals surface area (Å²) in [4.78, 5) is 11.7. The van der Waals surface area contributed by atoms with Crippen molar-refractivity contribution < 1.29 is 9.53 Å². The highest BCUT2D eigenvalue weighted by Crippen LogP contribution is 2.01. The summed E-state index contributed by atoms with van der Waals surface area (Å²) in [5.74, 6) is 0.464. The molecule has 0 aliphatic rings. The number of methoxy groups -OCH3 is 1. The smallest absolute Gasteiger partial charge is 0.271 e. The van der Waals surface area contributed by atoms with Crippen LogP contribution in [-0.4, -0.2) is 42.9 Å². The van der Waals surface area contributed by atoms with E-state index in [0.717, 1.165) is 19.3 Å². The molecule has 2 N–H and O–H groups in total. The van der Waals surface area contributed by atoms with Crippen LogP contribution in [0.1, 0.15) is 36.7 Å². The Balaban J connectivity index is 2.35. The van der Waals surface area contributed by atoms with Crippen molar-refractivity contribution in [3.63, 3.8) is 0 Å². The van der Waals surface area contributed by atoms with Crippen LogP contribution in [0.4, 0.5) is 5.82 Å². The number of carbonyl (C=O) groups is 1. The minimum absolute atomic E-state index is 0.174. The third kappa shape index (κ3) is 6.15. The largest absolute Gasteiger partial charge is 0.383 e. The molecule has 0 bridgehead atoms. The Morgan fingerprint density at radius 2 is 2.11 bits per heavy atom. The third-order valence-corrected chi connectivity index (χ3v) is 2.58. The number of ether oxygens (including phenoxy) is 1. The zero-order valence-corrected chi connectivity index (χ0v) is 11.6. The number of rotatable bonds is 9. The molecule has 1 aromatic heterocycles. The highest BCUT2D eigenvalue weighted by atomic mass is 16.5. The van der Waals surface area contributed by atoms with Gasteiger partial charge in [0.25, 0.3) is 5.91 Å². The molecule has 0 fully saturated rings. The van der Waals surface area contributed by atoms with Gasteiger partial charge in [-0.1, -0.05) is 19.8 Å². The molecule has 1 rings (SSSR count). The number of hydrogen-bond donors (Lipinski definition) is 2. The van der Waals surface area contributed by atoms with Crippen LogP contribution in [0, 0.1) is 0 Å². The number of carbonyl (C=O) groups excluding carboxylic acids is 1. The lowest BCUT2D eigenvalue weighted by Gasteiger charge is -2.05. The maximum atomic E-state index is 11.7. The van der Waals surface area contributed by atoms with E-state index < -0.39 is 0 Å². The van der Waals surface area contributed by atoms with Gasteiger partial charge in [-0.25, -0.2) is 0 Å². The average molecular weight is 266 g/mol. The first kappa shape index (κ1) is 15.4. The SMILES string of the molecule is CCCCCNC(=O)c1ccc(NCCOC)nn1. The highest BCUT2D eigenvalue weighted by molar-refractivity contribution is 5.92. The first-order valence-corrected chi connectivity index (χ1v) is 6.62. The summed E-state index contributed by atoms with van der Waals surface area (Å²) in [6.07, 6.45) is 3.25. The Hall–Kier alpha value is -1.69. The molecule has 6 heteroatoms. The van der Waals surface area contributed by atoms with E-state index in [1.165, 1.54) is 0 Å². The van der Waals surface area contributed by atoms with E-state index in [0.29, 0.717) is 31.2 Å². The zero-order valence-electron chi connectivity index (χ0n) is 11.6. The summed E-state index contributed by atoms with van der Waals surface area (Å²) in [6, 6.07) is 3.40. The van der Waals surface area contributed by atoms with E-state index in [2.05, 4.69) is 27.8 Å².